The Bertz CT molecular complexity index is 717. The number of aryl methyl sites for hydroxylation is 1. The maximum atomic E-state index is 2.52. The zero-order chi connectivity index (χ0) is 16.1. The lowest BCUT2D eigenvalue weighted by Gasteiger charge is -2.18. The van der Waals surface area contributed by atoms with E-state index >= 15 is 0 Å². The predicted molar refractivity (Wildman–Crippen MR) is 102 cm³/mol. The topological polar surface area (TPSA) is 3.24 Å². The minimum atomic E-state index is 1.16. The van der Waals surface area contributed by atoms with Crippen LogP contribution in [0.15, 0.2) is 54.6 Å². The second-order valence-electron chi connectivity index (χ2n) is 6.28. The second-order valence-corrected chi connectivity index (χ2v) is 6.28. The van der Waals surface area contributed by atoms with Gasteiger partial charge < -0.3 is 4.90 Å². The summed E-state index contributed by atoms with van der Waals surface area (Å²) in [7, 11) is 0. The molecule has 3 aromatic carbocycles. The number of unbranched alkanes of at least 4 members (excludes halogenated alkanes) is 1. The first-order valence-electron chi connectivity index (χ1n) is 8.95. The van der Waals surface area contributed by atoms with E-state index < -0.39 is 0 Å². The molecule has 0 atom stereocenters. The summed E-state index contributed by atoms with van der Waals surface area (Å²) in [5, 5.41) is 5.58. The van der Waals surface area contributed by atoms with Gasteiger partial charge in [-0.25, -0.2) is 0 Å². The molecule has 0 aliphatic heterocycles. The average Bonchev–Trinajstić information content (AvgIpc) is 2.61. The lowest BCUT2D eigenvalue weighted by Crippen LogP contribution is -2.23. The molecule has 0 heterocycles. The van der Waals surface area contributed by atoms with Crippen LogP contribution in [0.3, 0.4) is 0 Å². The smallest absolute Gasteiger partial charge is 0.00189 e. The van der Waals surface area contributed by atoms with E-state index in [-0.39, 0.29) is 0 Å². The first kappa shape index (κ1) is 16.0. The average molecular weight is 305 g/mol. The molecule has 0 aromatic heterocycles. The van der Waals surface area contributed by atoms with Crippen molar-refractivity contribution in [3.8, 4) is 0 Å². The molecular formula is C22H27N. The van der Waals surface area contributed by atoms with Crippen molar-refractivity contribution >= 4 is 21.5 Å². The zero-order valence-corrected chi connectivity index (χ0v) is 14.4. The molecule has 0 bridgehead atoms. The van der Waals surface area contributed by atoms with E-state index in [0.29, 0.717) is 0 Å². The molecule has 0 amide bonds. The third-order valence-electron chi connectivity index (χ3n) is 4.93. The molecule has 3 rings (SSSR count). The van der Waals surface area contributed by atoms with Crippen LogP contribution in [0.1, 0.15) is 32.3 Å². The van der Waals surface area contributed by atoms with Crippen LogP contribution in [0.4, 0.5) is 0 Å². The van der Waals surface area contributed by atoms with E-state index in [0.717, 1.165) is 13.1 Å². The summed E-state index contributed by atoms with van der Waals surface area (Å²) in [6, 6.07) is 20.0. The number of benzene rings is 3. The fourth-order valence-corrected chi connectivity index (χ4v) is 3.55. The summed E-state index contributed by atoms with van der Waals surface area (Å²) in [6.07, 6.45) is 3.71. The largest absolute Gasteiger partial charge is 0.304 e. The number of rotatable bonds is 7. The van der Waals surface area contributed by atoms with Crippen LogP contribution in [0.25, 0.3) is 21.5 Å². The van der Waals surface area contributed by atoms with Gasteiger partial charge in [0.25, 0.3) is 0 Å². The van der Waals surface area contributed by atoms with Crippen molar-refractivity contribution in [3.63, 3.8) is 0 Å². The first-order valence-corrected chi connectivity index (χ1v) is 8.95. The molecular weight excluding hydrogens is 278 g/mol. The van der Waals surface area contributed by atoms with Crippen LogP contribution in [0.2, 0.25) is 0 Å². The van der Waals surface area contributed by atoms with Gasteiger partial charge in [-0.15, -0.1) is 0 Å². The summed E-state index contributed by atoms with van der Waals surface area (Å²) in [5.74, 6) is 0. The molecule has 3 aromatic rings. The van der Waals surface area contributed by atoms with Crippen molar-refractivity contribution < 1.29 is 0 Å². The third-order valence-corrected chi connectivity index (χ3v) is 4.93. The Morgan fingerprint density at radius 3 is 1.87 bits per heavy atom. The zero-order valence-electron chi connectivity index (χ0n) is 14.4. The number of nitrogens with zero attached hydrogens (tertiary/aromatic N) is 1. The minimum absolute atomic E-state index is 1.16. The molecule has 0 N–H and O–H groups in total. The van der Waals surface area contributed by atoms with Crippen molar-refractivity contribution in [2.45, 2.75) is 33.1 Å². The molecule has 0 aliphatic rings. The highest BCUT2D eigenvalue weighted by Crippen LogP contribution is 2.29. The van der Waals surface area contributed by atoms with Crippen molar-refractivity contribution in [1.82, 2.24) is 4.90 Å². The van der Waals surface area contributed by atoms with Gasteiger partial charge in [0.15, 0.2) is 0 Å². The number of fused-ring (bicyclic) bond motifs is 2. The van der Waals surface area contributed by atoms with E-state index in [4.69, 9.17) is 0 Å². The lowest BCUT2D eigenvalue weighted by molar-refractivity contribution is 0.297. The highest BCUT2D eigenvalue weighted by atomic mass is 15.1. The molecule has 1 nitrogen and oxygen atoms in total. The van der Waals surface area contributed by atoms with E-state index in [1.54, 1.807) is 0 Å². The third kappa shape index (κ3) is 3.56. The van der Waals surface area contributed by atoms with E-state index in [1.807, 2.05) is 0 Å². The molecule has 0 saturated carbocycles. The molecule has 0 unspecified atom stereocenters. The summed E-state index contributed by atoms with van der Waals surface area (Å²) in [5.41, 5.74) is 1.53. The molecule has 0 fully saturated rings. The van der Waals surface area contributed by atoms with Crippen LogP contribution in [0, 0.1) is 0 Å². The SMILES string of the molecule is CCN(CC)CCCCc1c2ccccc2cc2ccccc12. The first-order chi connectivity index (χ1) is 11.3. The normalized spacial score (nSPS) is 11.6. The van der Waals surface area contributed by atoms with Crippen molar-refractivity contribution in [1.29, 1.82) is 0 Å². The monoisotopic (exact) mass is 305 g/mol. The molecule has 0 spiro atoms. The fraction of sp³-hybridized carbons (Fsp3) is 0.364. The molecule has 1 heteroatoms. The fourth-order valence-electron chi connectivity index (χ4n) is 3.55. The van der Waals surface area contributed by atoms with Crippen molar-refractivity contribution in [2.24, 2.45) is 0 Å². The summed E-state index contributed by atoms with van der Waals surface area (Å²) in [4.78, 5) is 2.52. The van der Waals surface area contributed by atoms with Gasteiger partial charge >= 0.3 is 0 Å². The van der Waals surface area contributed by atoms with Crippen LogP contribution in [0.5, 0.6) is 0 Å². The number of hydrogen-bond acceptors (Lipinski definition) is 1. The van der Waals surface area contributed by atoms with E-state index in [1.165, 1.54) is 52.9 Å². The molecule has 0 saturated heterocycles. The minimum Gasteiger partial charge on any atom is -0.304 e. The van der Waals surface area contributed by atoms with Crippen LogP contribution in [-0.4, -0.2) is 24.5 Å². The highest BCUT2D eigenvalue weighted by molar-refractivity contribution is 6.02. The summed E-state index contributed by atoms with van der Waals surface area (Å²) < 4.78 is 0. The number of hydrogen-bond donors (Lipinski definition) is 0. The standard InChI is InChI=1S/C22H27N/c1-3-23(4-2)16-10-9-15-22-20-13-7-5-11-18(20)17-19-12-6-8-14-21(19)22/h5-8,11-14,17H,3-4,9-10,15-16H2,1-2H3. The lowest BCUT2D eigenvalue weighted by atomic mass is 9.93. The van der Waals surface area contributed by atoms with Gasteiger partial charge in [-0.1, -0.05) is 62.4 Å². The van der Waals surface area contributed by atoms with Crippen LogP contribution >= 0.6 is 0 Å². The maximum Gasteiger partial charge on any atom is -0.00189 e. The summed E-state index contributed by atoms with van der Waals surface area (Å²) in [6.45, 7) is 8.04. The Kier molecular flexibility index (Phi) is 5.30. The van der Waals surface area contributed by atoms with Gasteiger partial charge in [0.05, 0.1) is 0 Å². The molecule has 0 aliphatic carbocycles. The van der Waals surface area contributed by atoms with Crippen LogP contribution < -0.4 is 0 Å². The Balaban J connectivity index is 1.85. The Morgan fingerprint density at radius 2 is 1.30 bits per heavy atom. The van der Waals surface area contributed by atoms with Crippen LogP contribution in [-0.2, 0) is 6.42 Å². The predicted octanol–water partition coefficient (Wildman–Crippen LogP) is 5.66. The Morgan fingerprint density at radius 1 is 0.739 bits per heavy atom. The van der Waals surface area contributed by atoms with Gasteiger partial charge in [-0.3, -0.25) is 0 Å². The van der Waals surface area contributed by atoms with E-state index in [2.05, 4.69) is 73.3 Å². The van der Waals surface area contributed by atoms with Gasteiger partial charge in [0, 0.05) is 0 Å². The van der Waals surface area contributed by atoms with Crippen molar-refractivity contribution in [3.05, 3.63) is 60.2 Å². The maximum absolute atomic E-state index is 2.52. The van der Waals surface area contributed by atoms with Crippen molar-refractivity contribution in [2.75, 3.05) is 19.6 Å². The Hall–Kier alpha value is -1.86. The van der Waals surface area contributed by atoms with Gasteiger partial charge in [0.2, 0.25) is 0 Å². The van der Waals surface area contributed by atoms with Gasteiger partial charge in [-0.2, -0.15) is 0 Å². The van der Waals surface area contributed by atoms with E-state index in [9.17, 15) is 0 Å². The highest BCUT2D eigenvalue weighted by Gasteiger charge is 2.07. The van der Waals surface area contributed by atoms with Gasteiger partial charge in [0.1, 0.15) is 0 Å². The Labute approximate surface area is 139 Å². The second kappa shape index (κ2) is 7.61. The molecule has 23 heavy (non-hydrogen) atoms. The molecule has 0 radical (unpaired) electrons. The quantitative estimate of drug-likeness (QED) is 0.402. The summed E-state index contributed by atoms with van der Waals surface area (Å²) >= 11 is 0. The molecule has 120 valence electrons. The van der Waals surface area contributed by atoms with Gasteiger partial charge in [-0.05, 0) is 72.1 Å².